The fraction of sp³-hybridized carbons (Fsp3) is 0.618. The van der Waals surface area contributed by atoms with Gasteiger partial charge in [-0.25, -0.2) is 0 Å². The molecule has 1 aliphatic rings. The standard InChI is InChI=1S/C34H49NO6/c1-20-18-33(7,39)25(6)22(3)21(2)23(4)32(38)41-29(34(8,40)31(37)24(5)30(20)36)16-12-9-13-26-17-27-14-10-11-15-28(27)35-19-26/h9-11,13-15,17,19-25,29,31,37,39-40H,12,16,18H2,1-8H3/b13-9+/t20-,21+,22+,23-,24+,25-,29-,31-,33-,34-/m1/s1. The molecule has 3 rings (SSSR count). The number of nitrogens with zero attached hydrogens (tertiary/aromatic N) is 1. The first kappa shape index (κ1) is 32.9. The Kier molecular flexibility index (Phi) is 10.5. The number of aliphatic hydroxyl groups is 3. The van der Waals surface area contributed by atoms with E-state index < -0.39 is 47.1 Å². The lowest BCUT2D eigenvalue weighted by atomic mass is 9.68. The maximum absolute atomic E-state index is 13.4. The Morgan fingerprint density at radius 1 is 1.00 bits per heavy atom. The molecule has 0 amide bonds. The van der Waals surface area contributed by atoms with E-state index in [1.807, 2.05) is 63.3 Å². The average Bonchev–Trinajstić information content (AvgIpc) is 2.94. The Morgan fingerprint density at radius 3 is 2.34 bits per heavy atom. The van der Waals surface area contributed by atoms with Crippen molar-refractivity contribution in [3.63, 3.8) is 0 Å². The van der Waals surface area contributed by atoms with Crippen molar-refractivity contribution < 1.29 is 29.6 Å². The fourth-order valence-electron chi connectivity index (χ4n) is 6.26. The average molecular weight is 568 g/mol. The monoisotopic (exact) mass is 567 g/mol. The highest BCUT2D eigenvalue weighted by Gasteiger charge is 2.48. The van der Waals surface area contributed by atoms with E-state index in [1.165, 1.54) is 6.92 Å². The number of ketones is 1. The van der Waals surface area contributed by atoms with Crippen molar-refractivity contribution in [3.05, 3.63) is 48.2 Å². The van der Waals surface area contributed by atoms with E-state index >= 15 is 0 Å². The molecule has 1 aliphatic heterocycles. The normalized spacial score (nSPS) is 38.1. The number of hydrogen-bond acceptors (Lipinski definition) is 7. The maximum atomic E-state index is 13.4. The molecular formula is C34H49NO6. The molecule has 1 aromatic heterocycles. The van der Waals surface area contributed by atoms with Crippen LogP contribution in [0, 0.1) is 35.5 Å². The molecule has 41 heavy (non-hydrogen) atoms. The summed E-state index contributed by atoms with van der Waals surface area (Å²) in [5, 5.41) is 35.3. The van der Waals surface area contributed by atoms with E-state index in [1.54, 1.807) is 33.9 Å². The van der Waals surface area contributed by atoms with Crippen molar-refractivity contribution in [2.75, 3.05) is 0 Å². The summed E-state index contributed by atoms with van der Waals surface area (Å²) >= 11 is 0. The van der Waals surface area contributed by atoms with Crippen LogP contribution in [0.15, 0.2) is 42.6 Å². The summed E-state index contributed by atoms with van der Waals surface area (Å²) in [6, 6.07) is 9.90. The number of Topliss-reactive ketones (excluding diaryl/α,β-unsaturated/α-hetero) is 1. The third-order valence-corrected chi connectivity index (χ3v) is 9.91. The summed E-state index contributed by atoms with van der Waals surface area (Å²) in [5.41, 5.74) is -1.20. The van der Waals surface area contributed by atoms with Gasteiger partial charge in [-0.15, -0.1) is 0 Å². The predicted molar refractivity (Wildman–Crippen MR) is 162 cm³/mol. The molecule has 0 spiro atoms. The SMILES string of the molecule is C[C@H]1[C@H](C)[C@@H](C)C(=O)O[C@H](CC/C=C/c2cnc3ccccc3c2)[C@@](C)(O)[C@H](O)[C@@H](C)C(=O)[C@H](C)C[C@@](C)(O)[C@@H]1C. The van der Waals surface area contributed by atoms with Gasteiger partial charge < -0.3 is 20.1 Å². The van der Waals surface area contributed by atoms with Crippen LogP contribution >= 0.6 is 0 Å². The number of allylic oxidation sites excluding steroid dienone is 1. The minimum atomic E-state index is -1.88. The minimum absolute atomic E-state index is 0.0433. The molecule has 1 aromatic carbocycles. The van der Waals surface area contributed by atoms with Crippen LogP contribution in [0.5, 0.6) is 0 Å². The lowest BCUT2D eigenvalue weighted by molar-refractivity contribution is -0.192. The number of ether oxygens (including phenoxy) is 1. The van der Waals surface area contributed by atoms with E-state index in [-0.39, 0.29) is 36.4 Å². The summed E-state index contributed by atoms with van der Waals surface area (Å²) < 4.78 is 5.95. The van der Waals surface area contributed by atoms with Crippen LogP contribution in [0.4, 0.5) is 0 Å². The van der Waals surface area contributed by atoms with Gasteiger partial charge in [-0.05, 0) is 68.6 Å². The number of fused-ring (bicyclic) bond motifs is 1. The largest absolute Gasteiger partial charge is 0.459 e. The summed E-state index contributed by atoms with van der Waals surface area (Å²) in [6.45, 7) is 14.2. The van der Waals surface area contributed by atoms with Gasteiger partial charge in [0.15, 0.2) is 0 Å². The van der Waals surface area contributed by atoms with Crippen molar-refractivity contribution in [3.8, 4) is 0 Å². The summed E-state index contributed by atoms with van der Waals surface area (Å²) in [4.78, 5) is 31.3. The second kappa shape index (κ2) is 13.1. The van der Waals surface area contributed by atoms with Crippen LogP contribution in [0.25, 0.3) is 17.0 Å². The zero-order chi connectivity index (χ0) is 30.7. The molecule has 0 unspecified atom stereocenters. The number of rotatable bonds is 4. The molecule has 0 bridgehead atoms. The molecule has 0 aliphatic carbocycles. The van der Waals surface area contributed by atoms with Gasteiger partial charge in [0.25, 0.3) is 0 Å². The summed E-state index contributed by atoms with van der Waals surface area (Å²) in [5.74, 6) is -3.05. The highest BCUT2D eigenvalue weighted by atomic mass is 16.6. The summed E-state index contributed by atoms with van der Waals surface area (Å²) in [6.07, 6.45) is 4.09. The van der Waals surface area contributed by atoms with Gasteiger partial charge in [0.2, 0.25) is 0 Å². The Hall–Kier alpha value is -2.61. The van der Waals surface area contributed by atoms with E-state index in [2.05, 4.69) is 4.98 Å². The highest BCUT2D eigenvalue weighted by Crippen LogP contribution is 2.39. The van der Waals surface area contributed by atoms with Crippen molar-refractivity contribution in [1.82, 2.24) is 4.98 Å². The topological polar surface area (TPSA) is 117 Å². The fourth-order valence-corrected chi connectivity index (χ4v) is 6.26. The molecule has 0 saturated carbocycles. The number of aromatic nitrogens is 1. The number of pyridine rings is 1. The highest BCUT2D eigenvalue weighted by molar-refractivity contribution is 5.83. The molecule has 10 atom stereocenters. The van der Waals surface area contributed by atoms with Gasteiger partial charge >= 0.3 is 5.97 Å². The smallest absolute Gasteiger partial charge is 0.309 e. The third-order valence-electron chi connectivity index (χ3n) is 9.91. The molecular weight excluding hydrogens is 518 g/mol. The zero-order valence-corrected chi connectivity index (χ0v) is 25.9. The molecule has 2 aromatic rings. The van der Waals surface area contributed by atoms with Crippen LogP contribution in [0.1, 0.15) is 80.2 Å². The molecule has 0 radical (unpaired) electrons. The Labute approximate surface area is 245 Å². The molecule has 226 valence electrons. The Bertz CT molecular complexity index is 1240. The second-order valence-corrected chi connectivity index (χ2v) is 13.0. The van der Waals surface area contributed by atoms with Crippen LogP contribution in [-0.2, 0) is 14.3 Å². The van der Waals surface area contributed by atoms with Crippen molar-refractivity contribution in [2.24, 2.45) is 35.5 Å². The molecule has 2 heterocycles. The zero-order valence-electron chi connectivity index (χ0n) is 25.9. The van der Waals surface area contributed by atoms with E-state index in [0.29, 0.717) is 6.42 Å². The van der Waals surface area contributed by atoms with Crippen molar-refractivity contribution in [2.45, 2.75) is 98.1 Å². The lowest BCUT2D eigenvalue weighted by Crippen LogP contribution is -2.56. The van der Waals surface area contributed by atoms with Crippen LogP contribution in [0.3, 0.4) is 0 Å². The van der Waals surface area contributed by atoms with Crippen LogP contribution in [0.2, 0.25) is 0 Å². The van der Waals surface area contributed by atoms with Crippen LogP contribution < -0.4 is 0 Å². The van der Waals surface area contributed by atoms with Crippen LogP contribution in [-0.4, -0.2) is 55.5 Å². The number of esters is 1. The predicted octanol–water partition coefficient (Wildman–Crippen LogP) is 5.59. The van der Waals surface area contributed by atoms with Gasteiger partial charge in [-0.1, -0.05) is 71.9 Å². The number of hydrogen-bond donors (Lipinski definition) is 3. The third kappa shape index (κ3) is 7.43. The molecule has 7 nitrogen and oxygen atoms in total. The van der Waals surface area contributed by atoms with Crippen molar-refractivity contribution in [1.29, 1.82) is 0 Å². The molecule has 3 N–H and O–H groups in total. The van der Waals surface area contributed by atoms with Gasteiger partial charge in [-0.2, -0.15) is 0 Å². The van der Waals surface area contributed by atoms with Gasteiger partial charge in [0, 0.05) is 23.4 Å². The Morgan fingerprint density at radius 2 is 1.66 bits per heavy atom. The van der Waals surface area contributed by atoms with Gasteiger partial charge in [-0.3, -0.25) is 14.6 Å². The number of carbonyl (C=O) groups excluding carboxylic acids is 2. The first-order chi connectivity index (χ1) is 19.1. The second-order valence-electron chi connectivity index (χ2n) is 13.0. The van der Waals surface area contributed by atoms with E-state index in [0.717, 1.165) is 16.5 Å². The minimum Gasteiger partial charge on any atom is -0.459 e. The first-order valence-corrected chi connectivity index (χ1v) is 15.0. The van der Waals surface area contributed by atoms with E-state index in [9.17, 15) is 24.9 Å². The number of carbonyl (C=O) groups is 2. The number of aliphatic hydroxyl groups excluding tert-OH is 1. The lowest BCUT2D eigenvalue weighted by Gasteiger charge is -2.43. The number of cyclic esters (lactones) is 1. The van der Waals surface area contributed by atoms with Gasteiger partial charge in [0.05, 0.1) is 23.1 Å². The van der Waals surface area contributed by atoms with Gasteiger partial charge in [0.1, 0.15) is 17.5 Å². The summed E-state index contributed by atoms with van der Waals surface area (Å²) in [7, 11) is 0. The molecule has 1 saturated heterocycles. The number of para-hydroxylation sites is 1. The van der Waals surface area contributed by atoms with E-state index in [4.69, 9.17) is 4.74 Å². The number of benzene rings is 1. The quantitative estimate of drug-likeness (QED) is 0.412. The molecule has 7 heteroatoms. The maximum Gasteiger partial charge on any atom is 0.309 e. The Balaban J connectivity index is 1.88. The molecule has 1 fully saturated rings. The van der Waals surface area contributed by atoms with Crippen molar-refractivity contribution >= 4 is 28.7 Å². The first-order valence-electron chi connectivity index (χ1n) is 15.0.